The third kappa shape index (κ3) is 4.43. The number of furan rings is 1. The van der Waals surface area contributed by atoms with E-state index >= 15 is 0 Å². The first-order valence-corrected chi connectivity index (χ1v) is 16.9. The normalized spacial score (nSPS) is 12.2. The Morgan fingerprint density at radius 3 is 1.35 bits per heavy atom. The molecule has 51 heavy (non-hydrogen) atoms. The smallest absolute Gasteiger partial charge is 0.417 e. The van der Waals surface area contributed by atoms with Crippen molar-refractivity contribution in [1.29, 1.82) is 0 Å². The second kappa shape index (κ2) is 11.1. The average molecular weight is 665 g/mol. The van der Waals surface area contributed by atoms with Gasteiger partial charge in [-0.3, -0.25) is 0 Å². The number of rotatable bonds is 3. The van der Waals surface area contributed by atoms with E-state index in [0.717, 1.165) is 65.7 Å². The van der Waals surface area contributed by atoms with Gasteiger partial charge in [-0.25, -0.2) is 0 Å². The van der Waals surface area contributed by atoms with Crippen LogP contribution in [0, 0.1) is 0 Å². The van der Waals surface area contributed by atoms with Gasteiger partial charge < -0.3 is 4.42 Å². The first-order chi connectivity index (χ1) is 25.0. The predicted molar refractivity (Wildman–Crippen MR) is 205 cm³/mol. The van der Waals surface area contributed by atoms with Crippen molar-refractivity contribution >= 4 is 65.0 Å². The zero-order chi connectivity index (χ0) is 34.3. The standard InChI is InChI=1S/C47H27F3O/c48-47(49,50)45-37-21-10-8-19-35(37)43(36-20-9-11-22-38(36)45)29-25-26-30-39-23-12-24-40(46(39)51-41(30)27-29)44-33-17-6-4-15-31(33)42(28-13-2-1-3-14-28)32-16-5-7-18-34(32)44/h1-27H. The van der Waals surface area contributed by atoms with Crippen LogP contribution in [-0.4, -0.2) is 0 Å². The van der Waals surface area contributed by atoms with Gasteiger partial charge in [-0.05, 0) is 77.5 Å². The summed E-state index contributed by atoms with van der Waals surface area (Å²) >= 11 is 0. The summed E-state index contributed by atoms with van der Waals surface area (Å²) in [6, 6.07) is 53.5. The Bertz CT molecular complexity index is 2890. The summed E-state index contributed by atoms with van der Waals surface area (Å²) in [5.41, 5.74) is 6.85. The molecule has 0 radical (unpaired) electrons. The van der Waals surface area contributed by atoms with Crippen molar-refractivity contribution in [3.05, 3.63) is 169 Å². The molecule has 0 aliphatic rings. The molecule has 0 amide bonds. The van der Waals surface area contributed by atoms with Gasteiger partial charge >= 0.3 is 6.18 Å². The molecular formula is C47H27F3O. The maximum absolute atomic E-state index is 14.6. The highest BCUT2D eigenvalue weighted by Gasteiger charge is 2.35. The minimum atomic E-state index is -4.51. The quantitative estimate of drug-likeness (QED) is 0.171. The van der Waals surface area contributed by atoms with Crippen LogP contribution in [0.15, 0.2) is 168 Å². The molecule has 9 aromatic carbocycles. The molecule has 0 fully saturated rings. The van der Waals surface area contributed by atoms with E-state index in [4.69, 9.17) is 4.42 Å². The van der Waals surface area contributed by atoms with E-state index < -0.39 is 11.7 Å². The summed E-state index contributed by atoms with van der Waals surface area (Å²) in [6.07, 6.45) is -4.51. The molecular weight excluding hydrogens is 638 g/mol. The predicted octanol–water partition coefficient (Wildman–Crippen LogP) is 14.2. The lowest BCUT2D eigenvalue weighted by molar-refractivity contribution is -0.135. The second-order valence-electron chi connectivity index (χ2n) is 13.0. The summed E-state index contributed by atoms with van der Waals surface area (Å²) < 4.78 is 50.6. The van der Waals surface area contributed by atoms with Crippen LogP contribution in [0.25, 0.3) is 98.4 Å². The highest BCUT2D eigenvalue weighted by atomic mass is 19.4. The van der Waals surface area contributed by atoms with Crippen LogP contribution in [0.2, 0.25) is 0 Å². The van der Waals surface area contributed by atoms with Gasteiger partial charge in [0.25, 0.3) is 0 Å². The Hall–Kier alpha value is -6.39. The lowest BCUT2D eigenvalue weighted by atomic mass is 9.85. The Kier molecular flexibility index (Phi) is 6.40. The molecule has 242 valence electrons. The van der Waals surface area contributed by atoms with Gasteiger partial charge in [0, 0.05) is 21.9 Å². The van der Waals surface area contributed by atoms with Crippen LogP contribution in [0.5, 0.6) is 0 Å². The molecule has 4 heteroatoms. The number of halogens is 3. The minimum absolute atomic E-state index is 0.184. The van der Waals surface area contributed by atoms with E-state index in [0.29, 0.717) is 16.4 Å². The van der Waals surface area contributed by atoms with Crippen LogP contribution >= 0.6 is 0 Å². The number of para-hydroxylation sites is 1. The highest BCUT2D eigenvalue weighted by molar-refractivity contribution is 6.24. The van der Waals surface area contributed by atoms with Crippen LogP contribution in [0.4, 0.5) is 13.2 Å². The third-order valence-electron chi connectivity index (χ3n) is 10.3. The summed E-state index contributed by atoms with van der Waals surface area (Å²) in [4.78, 5) is 0. The molecule has 1 aromatic heterocycles. The fourth-order valence-corrected chi connectivity index (χ4v) is 8.23. The minimum Gasteiger partial charge on any atom is -0.455 e. The molecule has 0 N–H and O–H groups in total. The molecule has 1 heterocycles. The molecule has 1 nitrogen and oxygen atoms in total. The number of alkyl halides is 3. The molecule has 10 aromatic rings. The van der Waals surface area contributed by atoms with E-state index in [1.54, 1.807) is 48.5 Å². The molecule has 0 saturated heterocycles. The van der Waals surface area contributed by atoms with E-state index in [-0.39, 0.29) is 10.8 Å². The number of hydrogen-bond acceptors (Lipinski definition) is 1. The topological polar surface area (TPSA) is 13.1 Å². The summed E-state index contributed by atoms with van der Waals surface area (Å²) in [5, 5.41) is 7.99. The Balaban J connectivity index is 1.25. The highest BCUT2D eigenvalue weighted by Crippen LogP contribution is 2.48. The Labute approximate surface area is 290 Å². The maximum Gasteiger partial charge on any atom is 0.417 e. The third-order valence-corrected chi connectivity index (χ3v) is 10.3. The Morgan fingerprint density at radius 2 is 0.804 bits per heavy atom. The van der Waals surface area contributed by atoms with Crippen LogP contribution in [-0.2, 0) is 6.18 Å². The van der Waals surface area contributed by atoms with E-state index in [1.807, 2.05) is 24.3 Å². The summed E-state index contributed by atoms with van der Waals surface area (Å²) in [5.74, 6) is 0. The van der Waals surface area contributed by atoms with Gasteiger partial charge in [-0.1, -0.05) is 152 Å². The molecule has 0 atom stereocenters. The number of hydrogen-bond donors (Lipinski definition) is 0. The van der Waals surface area contributed by atoms with Gasteiger partial charge in [0.15, 0.2) is 0 Å². The summed E-state index contributed by atoms with van der Waals surface area (Å²) in [7, 11) is 0. The van der Waals surface area contributed by atoms with Crippen molar-refractivity contribution < 1.29 is 17.6 Å². The monoisotopic (exact) mass is 664 g/mol. The van der Waals surface area contributed by atoms with Crippen molar-refractivity contribution in [1.82, 2.24) is 0 Å². The zero-order valence-electron chi connectivity index (χ0n) is 27.1. The summed E-state index contributed by atoms with van der Waals surface area (Å²) in [6.45, 7) is 0. The molecule has 0 unspecified atom stereocenters. The SMILES string of the molecule is FC(F)(F)c1c2ccccc2c(-c2ccc3c(c2)oc2c(-c4c5ccccc5c(-c5ccccc5)c5ccccc45)cccc23)c2ccccc12. The van der Waals surface area contributed by atoms with Gasteiger partial charge in [0.05, 0.1) is 5.56 Å². The van der Waals surface area contributed by atoms with E-state index in [2.05, 4.69) is 91.0 Å². The van der Waals surface area contributed by atoms with Gasteiger partial charge in [-0.2, -0.15) is 13.2 Å². The van der Waals surface area contributed by atoms with E-state index in [9.17, 15) is 13.2 Å². The van der Waals surface area contributed by atoms with Crippen LogP contribution in [0.3, 0.4) is 0 Å². The second-order valence-corrected chi connectivity index (χ2v) is 13.0. The largest absolute Gasteiger partial charge is 0.455 e. The van der Waals surface area contributed by atoms with Crippen molar-refractivity contribution in [2.75, 3.05) is 0 Å². The Morgan fingerprint density at radius 1 is 0.353 bits per heavy atom. The average Bonchev–Trinajstić information content (AvgIpc) is 3.54. The molecule has 0 spiro atoms. The first-order valence-electron chi connectivity index (χ1n) is 16.9. The molecule has 0 aliphatic heterocycles. The molecule has 0 aliphatic carbocycles. The lowest BCUT2D eigenvalue weighted by Crippen LogP contribution is -2.07. The maximum atomic E-state index is 14.6. The zero-order valence-corrected chi connectivity index (χ0v) is 27.1. The van der Waals surface area contributed by atoms with Gasteiger partial charge in [0.2, 0.25) is 0 Å². The molecule has 0 bridgehead atoms. The molecule has 10 rings (SSSR count). The first kappa shape index (κ1) is 29.5. The van der Waals surface area contributed by atoms with Crippen molar-refractivity contribution in [2.24, 2.45) is 0 Å². The van der Waals surface area contributed by atoms with Crippen molar-refractivity contribution in [3.8, 4) is 33.4 Å². The van der Waals surface area contributed by atoms with E-state index in [1.165, 1.54) is 5.56 Å². The molecule has 0 saturated carbocycles. The number of benzene rings is 9. The van der Waals surface area contributed by atoms with Crippen molar-refractivity contribution in [2.45, 2.75) is 6.18 Å². The fraction of sp³-hybridized carbons (Fsp3) is 0.0213. The van der Waals surface area contributed by atoms with Crippen LogP contribution < -0.4 is 0 Å². The lowest BCUT2D eigenvalue weighted by Gasteiger charge is -2.18. The van der Waals surface area contributed by atoms with Crippen molar-refractivity contribution in [3.63, 3.8) is 0 Å². The van der Waals surface area contributed by atoms with Gasteiger partial charge in [0.1, 0.15) is 11.2 Å². The fourth-order valence-electron chi connectivity index (χ4n) is 8.23. The number of fused-ring (bicyclic) bond motifs is 7. The van der Waals surface area contributed by atoms with Gasteiger partial charge in [-0.15, -0.1) is 0 Å². The van der Waals surface area contributed by atoms with Crippen LogP contribution in [0.1, 0.15) is 5.56 Å².